The van der Waals surface area contributed by atoms with E-state index >= 15 is 0 Å². The van der Waals surface area contributed by atoms with Crippen molar-refractivity contribution < 1.29 is 73.2 Å². The number of unbranched alkanes of at least 4 members (excludes halogenated alkanes) is 2. The van der Waals surface area contributed by atoms with Crippen LogP contribution in [0, 0.1) is 0 Å². The van der Waals surface area contributed by atoms with Crippen LogP contribution in [0.2, 0.25) is 0 Å². The van der Waals surface area contributed by atoms with Gasteiger partial charge in [-0.3, -0.25) is 14.4 Å². The molecule has 43 heavy (non-hydrogen) atoms. The van der Waals surface area contributed by atoms with Gasteiger partial charge >= 0.3 is 29.8 Å². The Bertz CT molecular complexity index is 621. The van der Waals surface area contributed by atoms with Gasteiger partial charge in [0.1, 0.15) is 0 Å². The molecule has 2 rings (SSSR count). The van der Waals surface area contributed by atoms with Gasteiger partial charge in [0.05, 0.1) is 47.9 Å². The molecule has 0 atom stereocenters. The number of carbonyl (C=O) groups is 5. The SMILES string of the molecule is C1CCOC1.CCCCO.COC(=O)/C=C\C(=O)OC.COC(=O)CCC(=O)OC.O=C1CCCO1.OCCCCO.[OH-]. The molecule has 4 N–H and O–H groups in total. The first-order valence-corrected chi connectivity index (χ1v) is 13.7. The normalized spacial score (nSPS) is 12.1. The molecule has 0 radical (unpaired) electrons. The minimum atomic E-state index is -0.578. The zero-order valence-corrected chi connectivity index (χ0v) is 26.2. The quantitative estimate of drug-likeness (QED) is 0.134. The van der Waals surface area contributed by atoms with Crippen molar-refractivity contribution in [2.24, 2.45) is 0 Å². The standard InChI is InChI=1S/C6H10O4.C6H8O4.C4H6O2.C4H10O2.C4H8O.C4H10O.H2O/c2*1-9-5(7)3-4-6(8)10-2;5-4-2-1-3-6-4;5-3-1-2-4-6;1-2-4-5-3-1;1-2-3-4-5;/h3-4H2,1-2H3;3-4H,1-2H3;1-3H2;5-6H,1-4H2;1-4H2;5H,2-4H2,1H3;1H2/p-1/b;4-3-;;;;;. The molecule has 0 spiro atoms. The number of esters is 5. The Hall–Kier alpha value is -3.11. The third-order valence-corrected chi connectivity index (χ3v) is 4.44. The molecule has 0 unspecified atom stereocenters. The molecular formula is C28H53O15-. The van der Waals surface area contributed by atoms with Crippen LogP contribution < -0.4 is 0 Å². The molecule has 0 amide bonds. The average molecular weight is 630 g/mol. The highest BCUT2D eigenvalue weighted by Crippen LogP contribution is 2.01. The van der Waals surface area contributed by atoms with E-state index in [1.54, 1.807) is 0 Å². The number of hydrogen-bond donors (Lipinski definition) is 3. The maximum atomic E-state index is 10.4. The van der Waals surface area contributed by atoms with Crippen molar-refractivity contribution in [3.8, 4) is 0 Å². The molecule has 2 heterocycles. The number of rotatable bonds is 10. The van der Waals surface area contributed by atoms with Crippen molar-refractivity contribution >= 4 is 29.8 Å². The smallest absolute Gasteiger partial charge is 0.330 e. The van der Waals surface area contributed by atoms with Gasteiger partial charge in [0.25, 0.3) is 0 Å². The molecule has 0 aromatic carbocycles. The van der Waals surface area contributed by atoms with E-state index in [9.17, 15) is 24.0 Å². The van der Waals surface area contributed by atoms with Gasteiger partial charge in [-0.05, 0) is 38.5 Å². The van der Waals surface area contributed by atoms with Gasteiger partial charge in [0.15, 0.2) is 0 Å². The zero-order valence-electron chi connectivity index (χ0n) is 26.2. The van der Waals surface area contributed by atoms with Crippen molar-refractivity contribution in [1.82, 2.24) is 0 Å². The summed E-state index contributed by atoms with van der Waals surface area (Å²) in [7, 11) is 5.01. The molecule has 15 nitrogen and oxygen atoms in total. The molecule has 0 aromatic rings. The van der Waals surface area contributed by atoms with E-state index in [2.05, 4.69) is 30.6 Å². The second-order valence-electron chi connectivity index (χ2n) is 7.91. The fraction of sp³-hybridized carbons (Fsp3) is 0.750. The molecule has 0 aromatic heterocycles. The number of aliphatic hydroxyl groups is 3. The van der Waals surface area contributed by atoms with E-state index < -0.39 is 23.9 Å². The second kappa shape index (κ2) is 43.3. The first-order chi connectivity index (χ1) is 20.1. The van der Waals surface area contributed by atoms with Crippen LogP contribution in [-0.4, -0.2) is 119 Å². The first kappa shape index (κ1) is 49.6. The van der Waals surface area contributed by atoms with E-state index in [0.717, 1.165) is 57.5 Å². The Morgan fingerprint density at radius 2 is 1.12 bits per heavy atom. The number of cyclic esters (lactones) is 1. The number of hydrogen-bond acceptors (Lipinski definition) is 15. The van der Waals surface area contributed by atoms with Gasteiger partial charge in [0.2, 0.25) is 0 Å². The second-order valence-corrected chi connectivity index (χ2v) is 7.91. The zero-order chi connectivity index (χ0) is 32.9. The third kappa shape index (κ3) is 52.0. The lowest BCUT2D eigenvalue weighted by molar-refractivity contribution is -0.147. The predicted octanol–water partition coefficient (Wildman–Crippen LogP) is 1.47. The lowest BCUT2D eigenvalue weighted by atomic mass is 10.3. The summed E-state index contributed by atoms with van der Waals surface area (Å²) in [5.74, 6) is -2.00. The summed E-state index contributed by atoms with van der Waals surface area (Å²) < 4.78 is 26.5. The monoisotopic (exact) mass is 629 g/mol. The molecule has 2 fully saturated rings. The molecule has 2 saturated heterocycles. The van der Waals surface area contributed by atoms with Crippen molar-refractivity contribution in [3.63, 3.8) is 0 Å². The van der Waals surface area contributed by atoms with Crippen LogP contribution in [0.1, 0.15) is 71.1 Å². The van der Waals surface area contributed by atoms with Gasteiger partial charge in [-0.1, -0.05) is 13.3 Å². The molecule has 2 aliphatic rings. The summed E-state index contributed by atoms with van der Waals surface area (Å²) in [6.45, 7) is 5.42. The van der Waals surface area contributed by atoms with E-state index in [4.69, 9.17) is 20.1 Å². The van der Waals surface area contributed by atoms with Crippen LogP contribution in [0.5, 0.6) is 0 Å². The van der Waals surface area contributed by atoms with E-state index in [1.165, 1.54) is 41.3 Å². The summed E-state index contributed by atoms with van der Waals surface area (Å²) in [6.07, 6.45) is 9.73. The topological polar surface area (TPSA) is 231 Å². The maximum Gasteiger partial charge on any atom is 0.330 e. The third-order valence-electron chi connectivity index (χ3n) is 4.44. The van der Waals surface area contributed by atoms with Crippen LogP contribution in [0.25, 0.3) is 0 Å². The highest BCUT2D eigenvalue weighted by molar-refractivity contribution is 5.91. The molecular weight excluding hydrogens is 576 g/mol. The van der Waals surface area contributed by atoms with Crippen molar-refractivity contribution in [1.29, 1.82) is 0 Å². The van der Waals surface area contributed by atoms with Crippen LogP contribution in [0.15, 0.2) is 12.2 Å². The van der Waals surface area contributed by atoms with Gasteiger partial charge in [0, 0.05) is 51.6 Å². The summed E-state index contributed by atoms with van der Waals surface area (Å²) in [5, 5.41) is 24.2. The summed E-state index contributed by atoms with van der Waals surface area (Å²) >= 11 is 0. The Balaban J connectivity index is -0.000000137. The number of carbonyl (C=O) groups excluding carboxylic acids is 5. The molecule has 2 aliphatic heterocycles. The van der Waals surface area contributed by atoms with E-state index in [1.807, 2.05) is 0 Å². The summed E-state index contributed by atoms with van der Waals surface area (Å²) in [4.78, 5) is 51.5. The van der Waals surface area contributed by atoms with Crippen LogP contribution in [0.4, 0.5) is 0 Å². The summed E-state index contributed by atoms with van der Waals surface area (Å²) in [5.41, 5.74) is 0. The number of methoxy groups -OCH3 is 4. The lowest BCUT2D eigenvalue weighted by Gasteiger charge is -1.96. The highest BCUT2D eigenvalue weighted by atomic mass is 16.5. The van der Waals surface area contributed by atoms with Gasteiger partial charge < -0.3 is 49.2 Å². The highest BCUT2D eigenvalue weighted by Gasteiger charge is 2.08. The lowest BCUT2D eigenvalue weighted by Crippen LogP contribution is -2.06. The molecule has 256 valence electrons. The van der Waals surface area contributed by atoms with Crippen LogP contribution in [0.3, 0.4) is 0 Å². The predicted molar refractivity (Wildman–Crippen MR) is 154 cm³/mol. The fourth-order valence-corrected chi connectivity index (χ4v) is 2.05. The van der Waals surface area contributed by atoms with Crippen molar-refractivity contribution in [2.75, 3.05) is 68.1 Å². The Kier molecular flexibility index (Phi) is 50.0. The Morgan fingerprint density at radius 1 is 0.698 bits per heavy atom. The molecule has 15 heteroatoms. The van der Waals surface area contributed by atoms with Crippen LogP contribution >= 0.6 is 0 Å². The van der Waals surface area contributed by atoms with Gasteiger partial charge in [-0.15, -0.1) is 0 Å². The van der Waals surface area contributed by atoms with E-state index in [0.29, 0.717) is 19.6 Å². The number of aliphatic hydroxyl groups excluding tert-OH is 3. The fourth-order valence-electron chi connectivity index (χ4n) is 2.05. The average Bonchev–Trinajstić information content (AvgIpc) is 3.76. The van der Waals surface area contributed by atoms with Crippen molar-refractivity contribution in [2.45, 2.75) is 71.1 Å². The molecule has 0 aliphatic carbocycles. The van der Waals surface area contributed by atoms with Gasteiger partial charge in [-0.2, -0.15) is 0 Å². The largest absolute Gasteiger partial charge is 0.870 e. The first-order valence-electron chi connectivity index (χ1n) is 13.7. The molecule has 0 saturated carbocycles. The Labute approximate surface area is 254 Å². The summed E-state index contributed by atoms with van der Waals surface area (Å²) in [6, 6.07) is 0. The minimum absolute atomic E-state index is 0. The maximum absolute atomic E-state index is 10.4. The van der Waals surface area contributed by atoms with Crippen molar-refractivity contribution in [3.05, 3.63) is 12.2 Å². The van der Waals surface area contributed by atoms with Crippen LogP contribution in [-0.2, 0) is 52.4 Å². The molecule has 0 bridgehead atoms. The van der Waals surface area contributed by atoms with E-state index in [-0.39, 0.29) is 37.5 Å². The Morgan fingerprint density at radius 3 is 1.28 bits per heavy atom. The minimum Gasteiger partial charge on any atom is -0.870 e. The van der Waals surface area contributed by atoms with Gasteiger partial charge in [-0.25, -0.2) is 9.59 Å². The number of ether oxygens (including phenoxy) is 6.